The number of alkyl halides is 1. The maximum atomic E-state index is 15.4. The lowest BCUT2D eigenvalue weighted by atomic mass is 10.1. The SMILES string of the molecule is Nc1nc2c(ncn2[C@@H]2O[C@H](CO)C(F)C2OP(=O)(O)OC[C@H]2O[C@@H](n3cnc4c(N)ncnc43)CC2OC[P+](=O)O)c(=O)[nH]1. The minimum absolute atomic E-state index is 0.0788. The summed E-state index contributed by atoms with van der Waals surface area (Å²) >= 11 is 0. The molecule has 2 aliphatic heterocycles. The summed E-state index contributed by atoms with van der Waals surface area (Å²) in [6.07, 6.45) is -6.65. The molecule has 0 aromatic carbocycles. The van der Waals surface area contributed by atoms with Gasteiger partial charge < -0.3 is 35.7 Å². The van der Waals surface area contributed by atoms with Gasteiger partial charge in [-0.3, -0.25) is 28.0 Å². The number of aliphatic hydroxyl groups excluding tert-OH is 1. The Kier molecular flexibility index (Phi) is 8.61. The highest BCUT2D eigenvalue weighted by Gasteiger charge is 2.51. The maximum Gasteiger partial charge on any atom is 0.534 e. The highest BCUT2D eigenvalue weighted by molar-refractivity contribution is 7.47. The lowest BCUT2D eigenvalue weighted by molar-refractivity contribution is -0.0645. The van der Waals surface area contributed by atoms with E-state index in [0.717, 1.165) is 10.9 Å². The molecule has 6 heterocycles. The molecule has 21 nitrogen and oxygen atoms in total. The molecule has 5 unspecified atom stereocenters. The predicted molar refractivity (Wildman–Crippen MR) is 147 cm³/mol. The van der Waals surface area contributed by atoms with Crippen LogP contribution in [-0.2, 0) is 32.4 Å². The second-order valence-electron chi connectivity index (χ2n) is 9.94. The van der Waals surface area contributed by atoms with E-state index in [-0.39, 0.29) is 29.4 Å². The predicted octanol–water partition coefficient (Wildman–Crippen LogP) is -0.781. The number of H-pyrrole nitrogens is 1. The quantitative estimate of drug-likeness (QED) is 0.106. The number of nitrogens with zero attached hydrogens (tertiary/aromatic N) is 7. The molecule has 0 aliphatic carbocycles. The molecule has 0 spiro atoms. The highest BCUT2D eigenvalue weighted by Crippen LogP contribution is 2.50. The van der Waals surface area contributed by atoms with Crippen molar-refractivity contribution >= 4 is 49.9 Å². The lowest BCUT2D eigenvalue weighted by Crippen LogP contribution is -2.33. The number of phosphoric acid groups is 1. The average Bonchev–Trinajstić information content (AvgIpc) is 3.76. The topological polar surface area (TPSA) is 300 Å². The summed E-state index contributed by atoms with van der Waals surface area (Å²) in [7, 11) is -7.82. The van der Waals surface area contributed by atoms with Crippen molar-refractivity contribution in [1.82, 2.24) is 39.0 Å². The molecule has 2 aliphatic rings. The maximum absolute atomic E-state index is 15.4. The Hall–Kier alpha value is -3.56. The van der Waals surface area contributed by atoms with Crippen molar-refractivity contribution in [2.24, 2.45) is 0 Å². The van der Waals surface area contributed by atoms with Crippen molar-refractivity contribution in [2.75, 3.05) is 31.0 Å². The van der Waals surface area contributed by atoms with Gasteiger partial charge in [0.05, 0.1) is 32.0 Å². The molecule has 8 N–H and O–H groups in total. The number of hydrogen-bond acceptors (Lipinski definition) is 16. The molecular formula is C21H26FN10O11P2+. The van der Waals surface area contributed by atoms with Crippen LogP contribution in [0.5, 0.6) is 0 Å². The molecule has 4 aromatic rings. The van der Waals surface area contributed by atoms with Gasteiger partial charge in [0.15, 0.2) is 35.0 Å². The van der Waals surface area contributed by atoms with Gasteiger partial charge in [0.25, 0.3) is 11.9 Å². The zero-order valence-corrected chi connectivity index (χ0v) is 24.6. The molecule has 24 heteroatoms. The molecule has 242 valence electrons. The fraction of sp³-hybridized carbons (Fsp3) is 0.524. The molecule has 0 radical (unpaired) electrons. The Balaban J connectivity index is 1.20. The second kappa shape index (κ2) is 12.3. The van der Waals surface area contributed by atoms with Gasteiger partial charge in [-0.15, -0.1) is 0 Å². The summed E-state index contributed by atoms with van der Waals surface area (Å²) in [5.41, 5.74) is 11.1. The van der Waals surface area contributed by atoms with Crippen LogP contribution in [0, 0.1) is 0 Å². The number of nitrogens with one attached hydrogen (secondary N) is 1. The Morgan fingerprint density at radius 2 is 1.89 bits per heavy atom. The standard InChI is InChI=1S/C21H25FN10O11P2/c22-12-9(2-33)42-20(32-6-28-14-18(32)29-21(24)30-19(14)34)15(12)43-45(37,38)40-3-10-8(39-7-44(35)36)1-11(41-10)31-5-27-13-16(23)25-4-26-17(13)31/h4-6,8-12,15,20,33H,1-3,7H2,(H6-,23,24,25,26,29,30,34,35,36,37,38)/p+1/t8?,9-,10-,11-,12?,15?,20-/m1/s1. The summed E-state index contributed by atoms with van der Waals surface area (Å²) in [4.78, 5) is 54.5. The smallest absolute Gasteiger partial charge is 0.394 e. The van der Waals surface area contributed by atoms with E-state index in [1.807, 2.05) is 0 Å². The third-order valence-electron chi connectivity index (χ3n) is 7.10. The van der Waals surface area contributed by atoms with Crippen molar-refractivity contribution in [2.45, 2.75) is 49.5 Å². The van der Waals surface area contributed by atoms with Crippen LogP contribution in [0.15, 0.2) is 23.8 Å². The summed E-state index contributed by atoms with van der Waals surface area (Å²) in [6.45, 7) is -1.47. The molecule has 0 bridgehead atoms. The Morgan fingerprint density at radius 1 is 1.13 bits per heavy atom. The fourth-order valence-electron chi connectivity index (χ4n) is 5.10. The first-order chi connectivity index (χ1) is 21.5. The number of aromatic amines is 1. The van der Waals surface area contributed by atoms with Gasteiger partial charge in [-0.2, -0.15) is 9.88 Å². The second-order valence-corrected chi connectivity index (χ2v) is 12.3. The Labute approximate surface area is 250 Å². The van der Waals surface area contributed by atoms with E-state index in [9.17, 15) is 28.8 Å². The van der Waals surface area contributed by atoms with Crippen molar-refractivity contribution < 1.29 is 51.7 Å². The number of ether oxygens (including phenoxy) is 3. The fourth-order valence-corrected chi connectivity index (χ4v) is 6.34. The number of halogens is 1. The van der Waals surface area contributed by atoms with Gasteiger partial charge in [0.2, 0.25) is 5.95 Å². The highest BCUT2D eigenvalue weighted by atomic mass is 31.2. The number of aromatic nitrogens is 8. The zero-order chi connectivity index (χ0) is 32.0. The summed E-state index contributed by atoms with van der Waals surface area (Å²) in [5.74, 6) is -0.160. The van der Waals surface area contributed by atoms with Gasteiger partial charge >= 0.3 is 15.9 Å². The number of nitrogens with two attached hydrogens (primary N) is 2. The van der Waals surface area contributed by atoms with E-state index in [0.29, 0.717) is 11.2 Å². The normalized spacial score (nSPS) is 28.6. The van der Waals surface area contributed by atoms with Gasteiger partial charge in [-0.1, -0.05) is 0 Å². The van der Waals surface area contributed by atoms with Gasteiger partial charge in [0.1, 0.15) is 36.4 Å². The Bertz CT molecular complexity index is 1840. The zero-order valence-electron chi connectivity index (χ0n) is 22.8. The van der Waals surface area contributed by atoms with Crippen molar-refractivity contribution in [3.8, 4) is 0 Å². The number of imidazole rings is 2. The third kappa shape index (κ3) is 6.17. The number of anilines is 2. The minimum atomic E-state index is -5.12. The first-order valence-electron chi connectivity index (χ1n) is 13.1. The van der Waals surface area contributed by atoms with Crippen LogP contribution in [0.25, 0.3) is 22.3 Å². The van der Waals surface area contributed by atoms with E-state index in [4.69, 9.17) is 34.7 Å². The van der Waals surface area contributed by atoms with E-state index >= 15 is 4.39 Å². The monoisotopic (exact) mass is 675 g/mol. The van der Waals surface area contributed by atoms with E-state index in [2.05, 4.69) is 29.9 Å². The number of nitrogen functional groups attached to an aromatic ring is 2. The first-order valence-corrected chi connectivity index (χ1v) is 16.0. The summed E-state index contributed by atoms with van der Waals surface area (Å²) in [5, 5.41) is 9.63. The van der Waals surface area contributed by atoms with Gasteiger partial charge in [-0.05, 0) is 4.57 Å². The largest absolute Gasteiger partial charge is 0.534 e. The average molecular weight is 675 g/mol. The van der Waals surface area contributed by atoms with Crippen molar-refractivity contribution in [1.29, 1.82) is 0 Å². The van der Waals surface area contributed by atoms with E-state index in [1.54, 1.807) is 0 Å². The molecule has 4 aromatic heterocycles. The van der Waals surface area contributed by atoms with Crippen LogP contribution in [-0.4, -0.2) is 104 Å². The molecule has 45 heavy (non-hydrogen) atoms. The minimum Gasteiger partial charge on any atom is -0.394 e. The number of fused-ring (bicyclic) bond motifs is 2. The first kappa shape index (κ1) is 31.4. The van der Waals surface area contributed by atoms with Crippen molar-refractivity contribution in [3.05, 3.63) is 29.3 Å². The summed E-state index contributed by atoms with van der Waals surface area (Å²) in [6, 6.07) is 0. The lowest BCUT2D eigenvalue weighted by Gasteiger charge is -2.24. The van der Waals surface area contributed by atoms with Crippen LogP contribution in [0.3, 0.4) is 0 Å². The molecule has 2 saturated heterocycles. The van der Waals surface area contributed by atoms with E-state index in [1.165, 1.54) is 17.2 Å². The van der Waals surface area contributed by atoms with Gasteiger partial charge in [-0.25, -0.2) is 28.9 Å². The van der Waals surface area contributed by atoms with E-state index < -0.39 is 84.0 Å². The molecule has 0 saturated carbocycles. The number of phosphoric ester groups is 1. The molecule has 0 amide bonds. The van der Waals surface area contributed by atoms with Gasteiger partial charge in [0, 0.05) is 6.42 Å². The molecule has 2 fully saturated rings. The van der Waals surface area contributed by atoms with Crippen LogP contribution in [0.2, 0.25) is 0 Å². The Morgan fingerprint density at radius 3 is 2.64 bits per heavy atom. The summed E-state index contributed by atoms with van der Waals surface area (Å²) < 4.78 is 69.8. The van der Waals surface area contributed by atoms with Crippen LogP contribution < -0.4 is 17.0 Å². The van der Waals surface area contributed by atoms with Crippen molar-refractivity contribution in [3.63, 3.8) is 0 Å². The molecule has 9 atom stereocenters. The number of aliphatic hydroxyl groups is 1. The molecular weight excluding hydrogens is 649 g/mol. The van der Waals surface area contributed by atoms with Crippen LogP contribution >= 0.6 is 15.9 Å². The number of hydrogen-bond donors (Lipinski definition) is 6. The van der Waals surface area contributed by atoms with Crippen LogP contribution in [0.1, 0.15) is 18.9 Å². The van der Waals surface area contributed by atoms with Crippen LogP contribution in [0.4, 0.5) is 16.2 Å². The third-order valence-corrected chi connectivity index (χ3v) is 8.46. The molecule has 6 rings (SSSR count). The number of rotatable bonds is 11.